The SMILES string of the molecule is CO[C@H](CC(=O)NO)[C@H](Cc1ccc(Cl)cc1)c1cc(C)n(C)n1. The number of nitrogens with one attached hydrogen (secondary N) is 1. The number of carbonyl (C=O) groups excluding carboxylic acids is 1. The third kappa shape index (κ3) is 4.56. The largest absolute Gasteiger partial charge is 0.380 e. The number of amides is 1. The molecule has 0 saturated heterocycles. The van der Waals surface area contributed by atoms with Gasteiger partial charge in [0.05, 0.1) is 18.2 Å². The van der Waals surface area contributed by atoms with Crippen molar-refractivity contribution in [3.05, 3.63) is 52.3 Å². The Morgan fingerprint density at radius 3 is 2.58 bits per heavy atom. The predicted octanol–water partition coefficient (Wildman–Crippen LogP) is 2.62. The minimum absolute atomic E-state index is 0.0425. The number of halogens is 1. The highest BCUT2D eigenvalue weighted by atomic mass is 35.5. The summed E-state index contributed by atoms with van der Waals surface area (Å²) in [5.74, 6) is -0.621. The maximum atomic E-state index is 11.6. The molecule has 2 rings (SSSR count). The molecule has 0 aliphatic heterocycles. The number of ether oxygens (including phenoxy) is 1. The molecule has 1 heterocycles. The van der Waals surface area contributed by atoms with Crippen molar-refractivity contribution < 1.29 is 14.7 Å². The van der Waals surface area contributed by atoms with Crippen LogP contribution in [0.2, 0.25) is 5.02 Å². The summed E-state index contributed by atoms with van der Waals surface area (Å²) >= 11 is 5.95. The third-order valence-corrected chi connectivity index (χ3v) is 4.40. The van der Waals surface area contributed by atoms with Crippen LogP contribution in [-0.4, -0.2) is 34.1 Å². The van der Waals surface area contributed by atoms with Gasteiger partial charge in [-0.3, -0.25) is 14.7 Å². The summed E-state index contributed by atoms with van der Waals surface area (Å²) in [7, 11) is 3.43. The molecule has 1 amide bonds. The lowest BCUT2D eigenvalue weighted by Crippen LogP contribution is -2.31. The number of hydrogen-bond acceptors (Lipinski definition) is 4. The van der Waals surface area contributed by atoms with Crippen LogP contribution in [0.3, 0.4) is 0 Å². The van der Waals surface area contributed by atoms with Crippen molar-refractivity contribution in [3.63, 3.8) is 0 Å². The van der Waals surface area contributed by atoms with Crippen molar-refractivity contribution in [3.8, 4) is 0 Å². The summed E-state index contributed by atoms with van der Waals surface area (Å²) in [5, 5.41) is 14.0. The summed E-state index contributed by atoms with van der Waals surface area (Å²) in [6.45, 7) is 1.97. The summed E-state index contributed by atoms with van der Waals surface area (Å²) < 4.78 is 7.33. The molecular weight excluding hydrogens is 330 g/mol. The molecule has 0 radical (unpaired) electrons. The van der Waals surface area contributed by atoms with Crippen LogP contribution in [0.1, 0.15) is 29.3 Å². The van der Waals surface area contributed by atoms with Gasteiger partial charge in [-0.2, -0.15) is 5.10 Å². The van der Waals surface area contributed by atoms with E-state index >= 15 is 0 Å². The lowest BCUT2D eigenvalue weighted by molar-refractivity contribution is -0.132. The topological polar surface area (TPSA) is 76.4 Å². The fourth-order valence-corrected chi connectivity index (χ4v) is 2.81. The van der Waals surface area contributed by atoms with Gasteiger partial charge in [0.25, 0.3) is 0 Å². The number of rotatable bonds is 7. The first kappa shape index (κ1) is 18.4. The Kier molecular flexibility index (Phi) is 6.36. The van der Waals surface area contributed by atoms with Crippen LogP contribution in [0, 0.1) is 6.92 Å². The first-order valence-corrected chi connectivity index (χ1v) is 8.03. The van der Waals surface area contributed by atoms with E-state index < -0.39 is 12.0 Å². The molecule has 2 atom stereocenters. The van der Waals surface area contributed by atoms with E-state index in [2.05, 4.69) is 5.10 Å². The normalized spacial score (nSPS) is 13.5. The van der Waals surface area contributed by atoms with Crippen LogP contribution in [0.25, 0.3) is 0 Å². The van der Waals surface area contributed by atoms with Gasteiger partial charge in [-0.25, -0.2) is 5.48 Å². The highest BCUT2D eigenvalue weighted by Crippen LogP contribution is 2.28. The number of hydrogen-bond donors (Lipinski definition) is 2. The van der Waals surface area contributed by atoms with E-state index in [1.807, 2.05) is 44.3 Å². The number of methoxy groups -OCH3 is 1. The van der Waals surface area contributed by atoms with E-state index in [9.17, 15) is 4.79 Å². The second-order valence-corrected chi connectivity index (χ2v) is 6.22. The van der Waals surface area contributed by atoms with Crippen LogP contribution in [0.4, 0.5) is 0 Å². The number of nitrogens with zero attached hydrogens (tertiary/aromatic N) is 2. The van der Waals surface area contributed by atoms with Gasteiger partial charge in [0.1, 0.15) is 0 Å². The minimum Gasteiger partial charge on any atom is -0.380 e. The second kappa shape index (κ2) is 8.28. The Balaban J connectivity index is 2.32. The Morgan fingerprint density at radius 1 is 1.42 bits per heavy atom. The zero-order valence-corrected chi connectivity index (χ0v) is 14.7. The molecule has 0 unspecified atom stereocenters. The van der Waals surface area contributed by atoms with E-state index in [-0.39, 0.29) is 12.3 Å². The van der Waals surface area contributed by atoms with E-state index in [0.29, 0.717) is 11.4 Å². The van der Waals surface area contributed by atoms with Crippen molar-refractivity contribution in [2.45, 2.75) is 31.8 Å². The average Bonchev–Trinajstić information content (AvgIpc) is 2.91. The van der Waals surface area contributed by atoms with E-state index in [0.717, 1.165) is 17.0 Å². The summed E-state index contributed by atoms with van der Waals surface area (Å²) in [6.07, 6.45) is 0.272. The Labute approximate surface area is 146 Å². The van der Waals surface area contributed by atoms with Gasteiger partial charge in [-0.1, -0.05) is 23.7 Å². The molecule has 0 bridgehead atoms. The maximum absolute atomic E-state index is 11.6. The van der Waals surface area contributed by atoms with E-state index in [1.165, 1.54) is 0 Å². The minimum atomic E-state index is -0.490. The first-order valence-electron chi connectivity index (χ1n) is 7.65. The number of carbonyl (C=O) groups is 1. The molecule has 130 valence electrons. The molecule has 2 N–H and O–H groups in total. The average molecular weight is 352 g/mol. The first-order chi connectivity index (χ1) is 11.4. The molecule has 1 aromatic carbocycles. The molecule has 6 nitrogen and oxygen atoms in total. The van der Waals surface area contributed by atoms with E-state index in [4.69, 9.17) is 21.5 Å². The molecule has 0 fully saturated rings. The monoisotopic (exact) mass is 351 g/mol. The highest BCUT2D eigenvalue weighted by molar-refractivity contribution is 6.30. The molecule has 7 heteroatoms. The van der Waals surface area contributed by atoms with Gasteiger partial charge in [0, 0.05) is 30.8 Å². The summed E-state index contributed by atoms with van der Waals surface area (Å²) in [5.41, 5.74) is 4.60. The van der Waals surface area contributed by atoms with Crippen LogP contribution >= 0.6 is 11.6 Å². The standard InChI is InChI=1S/C17H22ClN3O3/c1-11-8-15(19-21(11)2)14(16(24-3)10-17(22)20-23)9-12-4-6-13(18)7-5-12/h4-8,14,16,23H,9-10H2,1-3H3,(H,20,22)/t14-,16-/m1/s1. The fraction of sp³-hybridized carbons (Fsp3) is 0.412. The van der Waals surface area contributed by atoms with Gasteiger partial charge < -0.3 is 4.74 Å². The Morgan fingerprint density at radius 2 is 2.08 bits per heavy atom. The van der Waals surface area contributed by atoms with Crippen LogP contribution < -0.4 is 5.48 Å². The predicted molar refractivity (Wildman–Crippen MR) is 91.2 cm³/mol. The van der Waals surface area contributed by atoms with Crippen LogP contribution in [0.15, 0.2) is 30.3 Å². The molecular formula is C17H22ClN3O3. The number of aryl methyl sites for hydroxylation is 2. The van der Waals surface area contributed by atoms with Crippen LogP contribution in [0.5, 0.6) is 0 Å². The van der Waals surface area contributed by atoms with Crippen molar-refractivity contribution in [1.82, 2.24) is 15.3 Å². The summed E-state index contributed by atoms with van der Waals surface area (Å²) in [4.78, 5) is 11.6. The number of aromatic nitrogens is 2. The zero-order valence-electron chi connectivity index (χ0n) is 14.0. The Bertz CT molecular complexity index is 665. The van der Waals surface area contributed by atoms with Gasteiger partial charge in [-0.15, -0.1) is 0 Å². The highest BCUT2D eigenvalue weighted by Gasteiger charge is 2.28. The molecule has 0 spiro atoms. The lowest BCUT2D eigenvalue weighted by atomic mass is 9.89. The molecule has 24 heavy (non-hydrogen) atoms. The van der Waals surface area contributed by atoms with Gasteiger partial charge in [0.15, 0.2) is 0 Å². The van der Waals surface area contributed by atoms with Crippen molar-refractivity contribution >= 4 is 17.5 Å². The molecule has 0 aliphatic carbocycles. The van der Waals surface area contributed by atoms with Crippen molar-refractivity contribution in [2.75, 3.05) is 7.11 Å². The number of benzene rings is 1. The second-order valence-electron chi connectivity index (χ2n) is 5.78. The number of hydroxylamine groups is 1. The van der Waals surface area contributed by atoms with E-state index in [1.54, 1.807) is 17.3 Å². The maximum Gasteiger partial charge on any atom is 0.245 e. The fourth-order valence-electron chi connectivity index (χ4n) is 2.69. The molecule has 2 aromatic rings. The smallest absolute Gasteiger partial charge is 0.245 e. The Hall–Kier alpha value is -1.89. The third-order valence-electron chi connectivity index (χ3n) is 4.14. The van der Waals surface area contributed by atoms with Gasteiger partial charge in [0.2, 0.25) is 5.91 Å². The van der Waals surface area contributed by atoms with Gasteiger partial charge >= 0.3 is 0 Å². The summed E-state index contributed by atoms with van der Waals surface area (Å²) in [6, 6.07) is 9.55. The van der Waals surface area contributed by atoms with Crippen LogP contribution in [-0.2, 0) is 23.0 Å². The van der Waals surface area contributed by atoms with Crippen molar-refractivity contribution in [1.29, 1.82) is 0 Å². The molecule has 1 aromatic heterocycles. The molecule has 0 saturated carbocycles. The quantitative estimate of drug-likeness (QED) is 0.594. The lowest BCUT2D eigenvalue weighted by Gasteiger charge is -2.24. The zero-order chi connectivity index (χ0) is 17.7. The van der Waals surface area contributed by atoms with Crippen molar-refractivity contribution in [2.24, 2.45) is 7.05 Å². The van der Waals surface area contributed by atoms with Gasteiger partial charge in [-0.05, 0) is 37.1 Å². The molecule has 0 aliphatic rings.